The van der Waals surface area contributed by atoms with E-state index in [4.69, 9.17) is 9.15 Å². The van der Waals surface area contributed by atoms with E-state index in [1.807, 2.05) is 31.2 Å². The number of hydrogen-bond donors (Lipinski definition) is 2. The Morgan fingerprint density at radius 3 is 2.70 bits per heavy atom. The number of amides is 2. The molecule has 1 aromatic heterocycles. The monoisotopic (exact) mass is 316 g/mol. The van der Waals surface area contributed by atoms with Crippen molar-refractivity contribution >= 4 is 11.8 Å². The fourth-order valence-corrected chi connectivity index (χ4v) is 2.06. The fraction of sp³-hybridized carbons (Fsp3) is 0.294. The highest BCUT2D eigenvalue weighted by Gasteiger charge is 2.10. The van der Waals surface area contributed by atoms with E-state index in [0.717, 1.165) is 11.3 Å². The third-order valence-electron chi connectivity index (χ3n) is 3.14. The number of nitrogens with one attached hydrogen (secondary N) is 2. The lowest BCUT2D eigenvalue weighted by Crippen LogP contribution is -2.37. The topological polar surface area (TPSA) is 80.6 Å². The van der Waals surface area contributed by atoms with Gasteiger partial charge in [-0.2, -0.15) is 0 Å². The summed E-state index contributed by atoms with van der Waals surface area (Å²) in [7, 11) is 0. The Bertz CT molecular complexity index is 638. The van der Waals surface area contributed by atoms with E-state index in [-0.39, 0.29) is 18.2 Å². The number of carbonyl (C=O) groups excluding carboxylic acids is 2. The maximum Gasteiger partial charge on any atom is 0.287 e. The van der Waals surface area contributed by atoms with Gasteiger partial charge in [0, 0.05) is 6.54 Å². The third kappa shape index (κ3) is 5.18. The normalized spacial score (nSPS) is 10.1. The summed E-state index contributed by atoms with van der Waals surface area (Å²) in [6.07, 6.45) is 2.07. The van der Waals surface area contributed by atoms with Crippen LogP contribution in [0.15, 0.2) is 47.1 Å². The number of rotatable bonds is 8. The van der Waals surface area contributed by atoms with Crippen LogP contribution in [0.3, 0.4) is 0 Å². The summed E-state index contributed by atoms with van der Waals surface area (Å²) in [5.74, 6) is 0.351. The van der Waals surface area contributed by atoms with Gasteiger partial charge in [0.05, 0.1) is 19.4 Å². The van der Waals surface area contributed by atoms with Crippen molar-refractivity contribution < 1.29 is 18.7 Å². The van der Waals surface area contributed by atoms with Crippen LogP contribution in [0, 0.1) is 0 Å². The molecule has 6 heteroatoms. The van der Waals surface area contributed by atoms with Crippen LogP contribution in [-0.4, -0.2) is 31.5 Å². The SMILES string of the molecule is CCOc1ccccc1CCNC(=O)CNC(=O)c1ccco1. The molecule has 6 nitrogen and oxygen atoms in total. The van der Waals surface area contributed by atoms with Crippen molar-refractivity contribution in [3.8, 4) is 5.75 Å². The van der Waals surface area contributed by atoms with Gasteiger partial charge in [-0.25, -0.2) is 0 Å². The molecule has 0 saturated heterocycles. The maximum absolute atomic E-state index is 11.7. The average molecular weight is 316 g/mol. The summed E-state index contributed by atoms with van der Waals surface area (Å²) in [4.78, 5) is 23.4. The first kappa shape index (κ1) is 16.6. The lowest BCUT2D eigenvalue weighted by molar-refractivity contribution is -0.120. The van der Waals surface area contributed by atoms with Crippen LogP contribution >= 0.6 is 0 Å². The predicted molar refractivity (Wildman–Crippen MR) is 85.4 cm³/mol. The summed E-state index contributed by atoms with van der Waals surface area (Å²) in [5.41, 5.74) is 1.04. The highest BCUT2D eigenvalue weighted by molar-refractivity contribution is 5.94. The van der Waals surface area contributed by atoms with Crippen molar-refractivity contribution in [2.24, 2.45) is 0 Å². The largest absolute Gasteiger partial charge is 0.494 e. The zero-order valence-corrected chi connectivity index (χ0v) is 13.0. The van der Waals surface area contributed by atoms with E-state index in [9.17, 15) is 9.59 Å². The van der Waals surface area contributed by atoms with E-state index in [1.165, 1.54) is 12.3 Å². The summed E-state index contributed by atoms with van der Waals surface area (Å²) < 4.78 is 10.5. The van der Waals surface area contributed by atoms with Gasteiger partial charge >= 0.3 is 0 Å². The van der Waals surface area contributed by atoms with Crippen LogP contribution in [0.2, 0.25) is 0 Å². The molecule has 2 amide bonds. The van der Waals surface area contributed by atoms with Crippen LogP contribution in [0.5, 0.6) is 5.75 Å². The molecule has 23 heavy (non-hydrogen) atoms. The molecule has 122 valence electrons. The van der Waals surface area contributed by atoms with Crippen molar-refractivity contribution in [2.45, 2.75) is 13.3 Å². The van der Waals surface area contributed by atoms with Gasteiger partial charge in [-0.1, -0.05) is 18.2 Å². The predicted octanol–water partition coefficient (Wildman–Crippen LogP) is 1.77. The molecular formula is C17H20N2O4. The van der Waals surface area contributed by atoms with Gasteiger partial charge in [0.1, 0.15) is 5.75 Å². The first-order valence-corrected chi connectivity index (χ1v) is 7.49. The zero-order valence-electron chi connectivity index (χ0n) is 13.0. The molecule has 2 N–H and O–H groups in total. The van der Waals surface area contributed by atoms with Crippen molar-refractivity contribution in [3.63, 3.8) is 0 Å². The quantitative estimate of drug-likeness (QED) is 0.778. The highest BCUT2D eigenvalue weighted by atomic mass is 16.5. The van der Waals surface area contributed by atoms with Gasteiger partial charge < -0.3 is 19.8 Å². The third-order valence-corrected chi connectivity index (χ3v) is 3.14. The van der Waals surface area contributed by atoms with Crippen LogP contribution in [0.1, 0.15) is 23.0 Å². The Morgan fingerprint density at radius 2 is 1.96 bits per heavy atom. The number of furan rings is 1. The molecule has 0 unspecified atom stereocenters. The first-order valence-electron chi connectivity index (χ1n) is 7.49. The van der Waals surface area contributed by atoms with E-state index < -0.39 is 5.91 Å². The summed E-state index contributed by atoms with van der Waals surface area (Å²) in [6.45, 7) is 2.91. The molecular weight excluding hydrogens is 296 g/mol. The van der Waals surface area contributed by atoms with Gasteiger partial charge in [0.25, 0.3) is 5.91 Å². The van der Waals surface area contributed by atoms with Crippen molar-refractivity contribution in [2.75, 3.05) is 19.7 Å². The number of ether oxygens (including phenoxy) is 1. The molecule has 0 bridgehead atoms. The van der Waals surface area contributed by atoms with Crippen molar-refractivity contribution in [1.82, 2.24) is 10.6 Å². The lowest BCUT2D eigenvalue weighted by Gasteiger charge is -2.10. The highest BCUT2D eigenvalue weighted by Crippen LogP contribution is 2.17. The Morgan fingerprint density at radius 1 is 1.13 bits per heavy atom. The van der Waals surface area contributed by atoms with Gasteiger partial charge in [-0.05, 0) is 37.1 Å². The van der Waals surface area contributed by atoms with Gasteiger partial charge in [-0.15, -0.1) is 0 Å². The number of hydrogen-bond acceptors (Lipinski definition) is 4. The summed E-state index contributed by atoms with van der Waals surface area (Å²) in [5, 5.41) is 5.26. The molecule has 0 fully saturated rings. The number of para-hydroxylation sites is 1. The maximum atomic E-state index is 11.7. The second kappa shape index (κ2) is 8.63. The Hall–Kier alpha value is -2.76. The molecule has 0 aliphatic rings. The van der Waals surface area contributed by atoms with Crippen LogP contribution in [-0.2, 0) is 11.2 Å². The molecule has 1 aromatic carbocycles. The lowest BCUT2D eigenvalue weighted by atomic mass is 10.1. The molecule has 0 aliphatic heterocycles. The molecule has 0 spiro atoms. The first-order chi connectivity index (χ1) is 11.2. The van der Waals surface area contributed by atoms with E-state index >= 15 is 0 Å². The van der Waals surface area contributed by atoms with Gasteiger partial charge in [0.2, 0.25) is 5.91 Å². The minimum atomic E-state index is -0.410. The van der Waals surface area contributed by atoms with E-state index in [0.29, 0.717) is 19.6 Å². The van der Waals surface area contributed by atoms with E-state index in [2.05, 4.69) is 10.6 Å². The Kier molecular flexibility index (Phi) is 6.23. The summed E-state index contributed by atoms with van der Waals surface area (Å²) >= 11 is 0. The van der Waals surface area contributed by atoms with Gasteiger partial charge in [0.15, 0.2) is 5.76 Å². The Balaban J connectivity index is 1.72. The summed E-state index contributed by atoms with van der Waals surface area (Å²) in [6, 6.07) is 10.9. The fourth-order valence-electron chi connectivity index (χ4n) is 2.06. The molecule has 0 aliphatic carbocycles. The number of carbonyl (C=O) groups is 2. The second-order valence-corrected chi connectivity index (χ2v) is 4.80. The smallest absolute Gasteiger partial charge is 0.287 e. The minimum Gasteiger partial charge on any atom is -0.494 e. The Labute approximate surface area is 134 Å². The minimum absolute atomic E-state index is 0.0906. The molecule has 0 saturated carbocycles. The van der Waals surface area contributed by atoms with Gasteiger partial charge in [-0.3, -0.25) is 9.59 Å². The van der Waals surface area contributed by atoms with Crippen LogP contribution in [0.4, 0.5) is 0 Å². The van der Waals surface area contributed by atoms with Crippen LogP contribution in [0.25, 0.3) is 0 Å². The molecule has 0 atom stereocenters. The molecule has 0 radical (unpaired) electrons. The molecule has 2 aromatic rings. The molecule has 2 rings (SSSR count). The van der Waals surface area contributed by atoms with Crippen molar-refractivity contribution in [1.29, 1.82) is 0 Å². The second-order valence-electron chi connectivity index (χ2n) is 4.80. The van der Waals surface area contributed by atoms with Crippen LogP contribution < -0.4 is 15.4 Å². The van der Waals surface area contributed by atoms with E-state index in [1.54, 1.807) is 6.07 Å². The number of benzene rings is 1. The standard InChI is InChI=1S/C17H20N2O4/c1-2-22-14-7-4-3-6-13(14)9-10-18-16(20)12-19-17(21)15-8-5-11-23-15/h3-8,11H,2,9-10,12H2,1H3,(H,18,20)(H,19,21). The zero-order chi connectivity index (χ0) is 16.5. The van der Waals surface area contributed by atoms with Crippen molar-refractivity contribution in [3.05, 3.63) is 54.0 Å². The average Bonchev–Trinajstić information content (AvgIpc) is 3.09. The molecule has 1 heterocycles.